The minimum atomic E-state index is 0.422. The van der Waals surface area contributed by atoms with Gasteiger partial charge in [-0.1, -0.05) is 35.5 Å². The summed E-state index contributed by atoms with van der Waals surface area (Å²) in [6.07, 6.45) is 1.61. The Morgan fingerprint density at radius 1 is 1.28 bits per heavy atom. The zero-order chi connectivity index (χ0) is 13.1. The van der Waals surface area contributed by atoms with Crippen LogP contribution in [0.4, 0.5) is 0 Å². The highest BCUT2D eigenvalue weighted by atomic mass is 35.5. The Balaban J connectivity index is 2.41. The number of rotatable bonds is 2. The SMILES string of the molecule is Cc1ccc(C)c(Sc2nccc(C#N)c2Cl)c1. The molecule has 2 rings (SSSR count). The minimum absolute atomic E-state index is 0.422. The van der Waals surface area contributed by atoms with E-state index in [9.17, 15) is 0 Å². The third-order valence-corrected chi connectivity index (χ3v) is 4.19. The molecule has 0 spiro atoms. The molecule has 2 aromatic rings. The monoisotopic (exact) mass is 274 g/mol. The molecule has 0 radical (unpaired) electrons. The average Bonchev–Trinajstić information content (AvgIpc) is 2.36. The van der Waals surface area contributed by atoms with Gasteiger partial charge in [-0.05, 0) is 37.1 Å². The first-order valence-electron chi connectivity index (χ1n) is 5.41. The maximum atomic E-state index is 8.94. The van der Waals surface area contributed by atoms with E-state index in [1.165, 1.54) is 22.9 Å². The molecule has 0 amide bonds. The number of nitrogens with zero attached hydrogens (tertiary/aromatic N) is 2. The van der Waals surface area contributed by atoms with E-state index >= 15 is 0 Å². The number of nitriles is 1. The van der Waals surface area contributed by atoms with Gasteiger partial charge in [0.15, 0.2) is 0 Å². The molecule has 4 heteroatoms. The highest BCUT2D eigenvalue weighted by molar-refractivity contribution is 7.99. The molecule has 2 nitrogen and oxygen atoms in total. The summed E-state index contributed by atoms with van der Waals surface area (Å²) in [5.41, 5.74) is 2.82. The summed E-state index contributed by atoms with van der Waals surface area (Å²) in [6, 6.07) is 9.92. The third-order valence-electron chi connectivity index (χ3n) is 2.53. The second kappa shape index (κ2) is 5.43. The van der Waals surface area contributed by atoms with Crippen molar-refractivity contribution in [2.45, 2.75) is 23.8 Å². The first-order valence-corrected chi connectivity index (χ1v) is 6.61. The van der Waals surface area contributed by atoms with Gasteiger partial charge in [0.1, 0.15) is 11.1 Å². The zero-order valence-corrected chi connectivity index (χ0v) is 11.6. The fourth-order valence-corrected chi connectivity index (χ4v) is 2.77. The lowest BCUT2D eigenvalue weighted by Gasteiger charge is -2.07. The second-order valence-corrected chi connectivity index (χ2v) is 5.37. The summed E-state index contributed by atoms with van der Waals surface area (Å²) in [5, 5.41) is 10.0. The van der Waals surface area contributed by atoms with Crippen molar-refractivity contribution in [1.82, 2.24) is 4.98 Å². The van der Waals surface area contributed by atoms with Crippen LogP contribution in [0.15, 0.2) is 40.4 Å². The number of hydrogen-bond donors (Lipinski definition) is 0. The van der Waals surface area contributed by atoms with Gasteiger partial charge in [0.25, 0.3) is 0 Å². The van der Waals surface area contributed by atoms with E-state index < -0.39 is 0 Å². The van der Waals surface area contributed by atoms with E-state index in [1.807, 2.05) is 13.8 Å². The number of halogens is 1. The van der Waals surface area contributed by atoms with Crippen LogP contribution in [0.25, 0.3) is 0 Å². The van der Waals surface area contributed by atoms with Crippen molar-refractivity contribution in [3.05, 3.63) is 52.2 Å². The summed E-state index contributed by atoms with van der Waals surface area (Å²) in [4.78, 5) is 5.34. The van der Waals surface area contributed by atoms with Crippen LogP contribution in [-0.2, 0) is 0 Å². The molecule has 1 heterocycles. The van der Waals surface area contributed by atoms with E-state index in [-0.39, 0.29) is 0 Å². The molecule has 1 aromatic heterocycles. The quantitative estimate of drug-likeness (QED) is 0.816. The van der Waals surface area contributed by atoms with E-state index in [0.717, 1.165) is 4.90 Å². The van der Waals surface area contributed by atoms with E-state index in [1.54, 1.807) is 12.3 Å². The lowest BCUT2D eigenvalue weighted by molar-refractivity contribution is 1.12. The maximum absolute atomic E-state index is 8.94. The molecule has 0 saturated carbocycles. The summed E-state index contributed by atoms with van der Waals surface area (Å²) >= 11 is 7.64. The molecule has 90 valence electrons. The van der Waals surface area contributed by atoms with Crippen molar-refractivity contribution in [3.63, 3.8) is 0 Å². The van der Waals surface area contributed by atoms with Gasteiger partial charge < -0.3 is 0 Å². The van der Waals surface area contributed by atoms with Gasteiger partial charge in [0.2, 0.25) is 0 Å². The predicted octanol–water partition coefficient (Wildman–Crippen LogP) is 4.37. The van der Waals surface area contributed by atoms with E-state index in [0.29, 0.717) is 15.6 Å². The molecule has 0 aliphatic rings. The molecule has 1 aromatic carbocycles. The van der Waals surface area contributed by atoms with Crippen LogP contribution in [0.2, 0.25) is 5.02 Å². The van der Waals surface area contributed by atoms with E-state index in [4.69, 9.17) is 16.9 Å². The van der Waals surface area contributed by atoms with Crippen LogP contribution >= 0.6 is 23.4 Å². The highest BCUT2D eigenvalue weighted by Crippen LogP contribution is 2.35. The van der Waals surface area contributed by atoms with Gasteiger partial charge in [-0.2, -0.15) is 5.26 Å². The van der Waals surface area contributed by atoms with Crippen LogP contribution in [0.1, 0.15) is 16.7 Å². The van der Waals surface area contributed by atoms with Crippen LogP contribution in [-0.4, -0.2) is 4.98 Å². The van der Waals surface area contributed by atoms with Crippen molar-refractivity contribution in [1.29, 1.82) is 5.26 Å². The number of pyridine rings is 1. The van der Waals surface area contributed by atoms with Gasteiger partial charge >= 0.3 is 0 Å². The second-order valence-electron chi connectivity index (χ2n) is 3.96. The molecule has 0 saturated heterocycles. The Morgan fingerprint density at radius 3 is 2.78 bits per heavy atom. The first-order chi connectivity index (χ1) is 8.61. The van der Waals surface area contributed by atoms with Gasteiger partial charge in [0.05, 0.1) is 10.6 Å². The molecule has 18 heavy (non-hydrogen) atoms. The number of aromatic nitrogens is 1. The Morgan fingerprint density at radius 2 is 2.06 bits per heavy atom. The van der Waals surface area contributed by atoms with Gasteiger partial charge in [0, 0.05) is 11.1 Å². The van der Waals surface area contributed by atoms with Crippen LogP contribution < -0.4 is 0 Å². The Labute approximate surface area is 116 Å². The number of benzene rings is 1. The standard InChI is InChI=1S/C14H11ClN2S/c1-9-3-4-10(2)12(7-9)18-14-13(15)11(8-16)5-6-17-14/h3-7H,1-2H3. The molecule has 0 unspecified atom stereocenters. The van der Waals surface area contributed by atoms with Crippen molar-refractivity contribution in [2.75, 3.05) is 0 Å². The molecule has 0 N–H and O–H groups in total. The van der Waals surface area contributed by atoms with Crippen molar-refractivity contribution >= 4 is 23.4 Å². The number of aryl methyl sites for hydroxylation is 2. The first kappa shape index (κ1) is 12.9. The Bertz CT molecular complexity index is 632. The normalized spacial score (nSPS) is 10.1. The van der Waals surface area contributed by atoms with Gasteiger partial charge in [-0.15, -0.1) is 0 Å². The fraction of sp³-hybridized carbons (Fsp3) is 0.143. The number of hydrogen-bond acceptors (Lipinski definition) is 3. The molecular weight excluding hydrogens is 264 g/mol. The average molecular weight is 275 g/mol. The fourth-order valence-electron chi connectivity index (χ4n) is 1.50. The molecule has 0 atom stereocenters. The Kier molecular flexibility index (Phi) is 3.90. The Hall–Kier alpha value is -1.50. The summed E-state index contributed by atoms with van der Waals surface area (Å²) < 4.78 is 0. The van der Waals surface area contributed by atoms with Crippen LogP contribution in [0, 0.1) is 25.2 Å². The van der Waals surface area contributed by atoms with Crippen molar-refractivity contribution in [3.8, 4) is 6.07 Å². The maximum Gasteiger partial charge on any atom is 0.121 e. The van der Waals surface area contributed by atoms with Crippen LogP contribution in [0.3, 0.4) is 0 Å². The largest absolute Gasteiger partial charge is 0.248 e. The van der Waals surface area contributed by atoms with Crippen LogP contribution in [0.5, 0.6) is 0 Å². The van der Waals surface area contributed by atoms with Crippen molar-refractivity contribution in [2.24, 2.45) is 0 Å². The third kappa shape index (κ3) is 2.66. The molecule has 0 fully saturated rings. The van der Waals surface area contributed by atoms with E-state index in [2.05, 4.69) is 29.3 Å². The van der Waals surface area contributed by atoms with Gasteiger partial charge in [-0.3, -0.25) is 0 Å². The molecule has 0 aliphatic carbocycles. The summed E-state index contributed by atoms with van der Waals surface area (Å²) in [5.74, 6) is 0. The predicted molar refractivity (Wildman–Crippen MR) is 74.0 cm³/mol. The van der Waals surface area contributed by atoms with Crippen molar-refractivity contribution < 1.29 is 0 Å². The van der Waals surface area contributed by atoms with Gasteiger partial charge in [-0.25, -0.2) is 4.98 Å². The lowest BCUT2D eigenvalue weighted by Crippen LogP contribution is -1.88. The lowest BCUT2D eigenvalue weighted by atomic mass is 10.2. The summed E-state index contributed by atoms with van der Waals surface area (Å²) in [6.45, 7) is 4.09. The smallest absolute Gasteiger partial charge is 0.121 e. The molecular formula is C14H11ClN2S. The highest BCUT2D eigenvalue weighted by Gasteiger charge is 2.10. The topological polar surface area (TPSA) is 36.7 Å². The summed E-state index contributed by atoms with van der Waals surface area (Å²) in [7, 11) is 0. The molecule has 0 aliphatic heterocycles. The molecule has 0 bridgehead atoms. The minimum Gasteiger partial charge on any atom is -0.248 e. The zero-order valence-electron chi connectivity index (χ0n) is 10.1.